The van der Waals surface area contributed by atoms with Crippen LogP contribution in [0.25, 0.3) is 0 Å². The van der Waals surface area contributed by atoms with Gasteiger partial charge in [0.1, 0.15) is 18.2 Å². The van der Waals surface area contributed by atoms with Crippen molar-refractivity contribution in [2.45, 2.75) is 51.1 Å². The molecule has 1 fully saturated rings. The Morgan fingerprint density at radius 1 is 1.20 bits per heavy atom. The molecule has 1 aromatic carbocycles. The van der Waals surface area contributed by atoms with Gasteiger partial charge in [0.15, 0.2) is 12.4 Å². The molecule has 3 N–H and O–H groups in total. The van der Waals surface area contributed by atoms with Crippen LogP contribution in [0, 0.1) is 0 Å². The summed E-state index contributed by atoms with van der Waals surface area (Å²) in [5.74, 6) is -1.06. The van der Waals surface area contributed by atoms with Crippen LogP contribution >= 0.6 is 0 Å². The molecule has 2 rings (SSSR count). The lowest BCUT2D eigenvalue weighted by atomic mass is 9.96. The van der Waals surface area contributed by atoms with Crippen molar-refractivity contribution in [3.05, 3.63) is 35.9 Å². The summed E-state index contributed by atoms with van der Waals surface area (Å²) in [6, 6.07) is 8.32. The van der Waals surface area contributed by atoms with Crippen LogP contribution in [0.3, 0.4) is 0 Å². The van der Waals surface area contributed by atoms with E-state index in [0.29, 0.717) is 6.61 Å². The Morgan fingerprint density at radius 2 is 1.88 bits per heavy atom. The molecular formula is C17H23NO7. The van der Waals surface area contributed by atoms with E-state index in [1.807, 2.05) is 30.3 Å². The van der Waals surface area contributed by atoms with Gasteiger partial charge in [-0.3, -0.25) is 9.59 Å². The molecule has 8 heteroatoms. The van der Waals surface area contributed by atoms with E-state index in [-0.39, 0.29) is 6.61 Å². The molecule has 0 saturated carbocycles. The highest BCUT2D eigenvalue weighted by molar-refractivity contribution is 5.73. The molecule has 25 heavy (non-hydrogen) atoms. The summed E-state index contributed by atoms with van der Waals surface area (Å²) in [6.07, 6.45) is -4.73. The van der Waals surface area contributed by atoms with Gasteiger partial charge in [-0.15, -0.1) is 0 Å². The number of carbonyl (C=O) groups is 2. The van der Waals surface area contributed by atoms with Gasteiger partial charge in [-0.1, -0.05) is 30.3 Å². The average molecular weight is 353 g/mol. The van der Waals surface area contributed by atoms with E-state index in [1.165, 1.54) is 13.8 Å². The first-order valence-electron chi connectivity index (χ1n) is 7.96. The molecule has 1 aliphatic heterocycles. The van der Waals surface area contributed by atoms with Crippen molar-refractivity contribution in [3.63, 3.8) is 0 Å². The van der Waals surface area contributed by atoms with Crippen LogP contribution in [-0.4, -0.2) is 59.3 Å². The van der Waals surface area contributed by atoms with Crippen molar-refractivity contribution in [3.8, 4) is 0 Å². The van der Waals surface area contributed by atoms with E-state index in [4.69, 9.17) is 14.2 Å². The predicted octanol–water partition coefficient (Wildman–Crippen LogP) is -0.282. The molecule has 0 bridgehead atoms. The van der Waals surface area contributed by atoms with Crippen molar-refractivity contribution in [1.82, 2.24) is 5.32 Å². The second kappa shape index (κ2) is 8.91. The summed E-state index contributed by atoms with van der Waals surface area (Å²) in [7, 11) is 0. The third kappa shape index (κ3) is 5.50. The number of hydrogen-bond acceptors (Lipinski definition) is 7. The summed E-state index contributed by atoms with van der Waals surface area (Å²) in [4.78, 5) is 22.6. The van der Waals surface area contributed by atoms with Gasteiger partial charge < -0.3 is 29.7 Å². The van der Waals surface area contributed by atoms with Crippen LogP contribution in [0.4, 0.5) is 0 Å². The van der Waals surface area contributed by atoms with E-state index >= 15 is 0 Å². The number of esters is 1. The maximum atomic E-state index is 11.3. The average Bonchev–Trinajstić information content (AvgIpc) is 2.55. The SMILES string of the molecule is CC(=O)N[C@@H]1[C@@H](O)[C@H](OC(C)=O)[C@@H](COCc2ccccc2)O[C@H]1O. The standard InChI is InChI=1S/C17H23NO7/c1-10(19)18-14-15(21)16(24-11(2)20)13(25-17(14)22)9-23-8-12-6-4-3-5-7-12/h3-7,13-17,21-22H,8-9H2,1-2H3,(H,18,19)/t13-,14-,15-,16-,17-/m1/s1. The fourth-order valence-electron chi connectivity index (χ4n) is 2.66. The van der Waals surface area contributed by atoms with Crippen LogP contribution in [0.5, 0.6) is 0 Å². The van der Waals surface area contributed by atoms with Crippen molar-refractivity contribution in [1.29, 1.82) is 0 Å². The summed E-state index contributed by atoms with van der Waals surface area (Å²) < 4.78 is 16.1. The Morgan fingerprint density at radius 3 is 2.48 bits per heavy atom. The Balaban J connectivity index is 2.01. The monoisotopic (exact) mass is 353 g/mol. The fourth-order valence-corrected chi connectivity index (χ4v) is 2.66. The van der Waals surface area contributed by atoms with Crippen molar-refractivity contribution in [2.75, 3.05) is 6.61 Å². The van der Waals surface area contributed by atoms with Gasteiger partial charge >= 0.3 is 5.97 Å². The molecule has 5 atom stereocenters. The van der Waals surface area contributed by atoms with E-state index in [9.17, 15) is 19.8 Å². The van der Waals surface area contributed by atoms with Gasteiger partial charge in [-0.05, 0) is 5.56 Å². The van der Waals surface area contributed by atoms with Crippen LogP contribution in [0.1, 0.15) is 19.4 Å². The van der Waals surface area contributed by atoms with Crippen LogP contribution < -0.4 is 5.32 Å². The van der Waals surface area contributed by atoms with Crippen molar-refractivity contribution in [2.24, 2.45) is 0 Å². The predicted molar refractivity (Wildman–Crippen MR) is 86.1 cm³/mol. The van der Waals surface area contributed by atoms with Gasteiger partial charge in [0.05, 0.1) is 13.2 Å². The molecule has 0 aromatic heterocycles. The third-order valence-electron chi connectivity index (χ3n) is 3.76. The normalized spacial score (nSPS) is 29.0. The topological polar surface area (TPSA) is 114 Å². The molecule has 1 aromatic rings. The maximum absolute atomic E-state index is 11.3. The lowest BCUT2D eigenvalue weighted by Crippen LogP contribution is -2.64. The Hall–Kier alpha value is -2.00. The molecule has 1 amide bonds. The molecule has 0 unspecified atom stereocenters. The van der Waals surface area contributed by atoms with Gasteiger partial charge in [0.25, 0.3) is 0 Å². The minimum absolute atomic E-state index is 0.00620. The van der Waals surface area contributed by atoms with Crippen molar-refractivity contribution < 1.29 is 34.0 Å². The summed E-state index contributed by atoms with van der Waals surface area (Å²) in [5, 5.41) is 22.8. The highest BCUT2D eigenvalue weighted by atomic mass is 16.7. The number of aliphatic hydroxyl groups is 2. The maximum Gasteiger partial charge on any atom is 0.303 e. The minimum Gasteiger partial charge on any atom is -0.457 e. The molecule has 0 radical (unpaired) electrons. The molecule has 0 aliphatic carbocycles. The smallest absolute Gasteiger partial charge is 0.303 e. The molecule has 1 heterocycles. The summed E-state index contributed by atoms with van der Waals surface area (Å²) in [6.45, 7) is 2.74. The number of aliphatic hydroxyl groups excluding tert-OH is 2. The molecule has 138 valence electrons. The lowest BCUT2D eigenvalue weighted by Gasteiger charge is -2.42. The number of benzene rings is 1. The van der Waals surface area contributed by atoms with E-state index in [1.54, 1.807) is 0 Å². The summed E-state index contributed by atoms with van der Waals surface area (Å²) in [5.41, 5.74) is 0.944. The highest BCUT2D eigenvalue weighted by Crippen LogP contribution is 2.23. The minimum atomic E-state index is -1.45. The number of nitrogens with one attached hydrogen (secondary N) is 1. The molecule has 1 saturated heterocycles. The first kappa shape index (κ1) is 19.3. The summed E-state index contributed by atoms with van der Waals surface area (Å²) >= 11 is 0. The second-order valence-corrected chi connectivity index (χ2v) is 5.86. The Bertz CT molecular complexity index is 580. The number of rotatable bonds is 6. The van der Waals surface area contributed by atoms with Gasteiger partial charge in [0.2, 0.25) is 5.91 Å². The number of hydrogen-bond donors (Lipinski definition) is 3. The van der Waals surface area contributed by atoms with E-state index in [2.05, 4.69) is 5.32 Å². The number of amides is 1. The molecule has 1 aliphatic rings. The van der Waals surface area contributed by atoms with Crippen molar-refractivity contribution >= 4 is 11.9 Å². The van der Waals surface area contributed by atoms with Crippen LogP contribution in [0.2, 0.25) is 0 Å². The van der Waals surface area contributed by atoms with Gasteiger partial charge in [-0.2, -0.15) is 0 Å². The molecular weight excluding hydrogens is 330 g/mol. The van der Waals surface area contributed by atoms with Crippen LogP contribution in [-0.2, 0) is 30.4 Å². The first-order chi connectivity index (χ1) is 11.9. The first-order valence-corrected chi connectivity index (χ1v) is 7.96. The molecule has 8 nitrogen and oxygen atoms in total. The van der Waals surface area contributed by atoms with Crippen LogP contribution in [0.15, 0.2) is 30.3 Å². The fraction of sp³-hybridized carbons (Fsp3) is 0.529. The largest absolute Gasteiger partial charge is 0.457 e. The molecule has 0 spiro atoms. The Kier molecular flexibility index (Phi) is 6.89. The number of carbonyl (C=O) groups excluding carboxylic acids is 2. The van der Waals surface area contributed by atoms with E-state index in [0.717, 1.165) is 5.56 Å². The zero-order chi connectivity index (χ0) is 18.4. The van der Waals surface area contributed by atoms with Gasteiger partial charge in [-0.25, -0.2) is 0 Å². The van der Waals surface area contributed by atoms with Gasteiger partial charge in [0, 0.05) is 13.8 Å². The third-order valence-corrected chi connectivity index (χ3v) is 3.76. The zero-order valence-electron chi connectivity index (χ0n) is 14.1. The lowest BCUT2D eigenvalue weighted by molar-refractivity contribution is -0.262. The number of ether oxygens (including phenoxy) is 3. The second-order valence-electron chi connectivity index (χ2n) is 5.86. The highest BCUT2D eigenvalue weighted by Gasteiger charge is 2.47. The quantitative estimate of drug-likeness (QED) is 0.603. The zero-order valence-corrected chi connectivity index (χ0v) is 14.1. The van der Waals surface area contributed by atoms with E-state index < -0.39 is 42.5 Å². The Labute approximate surface area is 145 Å².